The second-order valence-corrected chi connectivity index (χ2v) is 8.34. The summed E-state index contributed by atoms with van der Waals surface area (Å²) in [6, 6.07) is 7.38. The van der Waals surface area contributed by atoms with Crippen LogP contribution >= 0.6 is 0 Å². The number of nitrogens with one attached hydrogen (secondary N) is 1. The Morgan fingerprint density at radius 1 is 1.22 bits per heavy atom. The first kappa shape index (κ1) is 19.5. The predicted octanol–water partition coefficient (Wildman–Crippen LogP) is 3.29. The molecule has 0 saturated heterocycles. The Bertz CT molecular complexity index is 851. The highest BCUT2D eigenvalue weighted by Gasteiger charge is 2.32. The van der Waals surface area contributed by atoms with Crippen LogP contribution in [0.3, 0.4) is 0 Å². The van der Waals surface area contributed by atoms with Gasteiger partial charge in [-0.2, -0.15) is 0 Å². The molecule has 2 aromatic rings. The summed E-state index contributed by atoms with van der Waals surface area (Å²) in [6.45, 7) is 7.20. The Balaban J connectivity index is 1.51. The molecule has 6 heteroatoms. The van der Waals surface area contributed by atoms with E-state index < -0.39 is 0 Å². The number of amides is 1. The number of nitrogens with zero attached hydrogens (tertiary/aromatic N) is 3. The van der Waals surface area contributed by atoms with Crippen molar-refractivity contribution in [3.63, 3.8) is 0 Å². The molecule has 0 bridgehead atoms. The van der Waals surface area contributed by atoms with Gasteiger partial charge in [-0.25, -0.2) is 4.68 Å². The maximum absolute atomic E-state index is 12.4. The van der Waals surface area contributed by atoms with E-state index in [1.807, 2.05) is 6.07 Å². The third-order valence-electron chi connectivity index (χ3n) is 6.29. The molecule has 1 aromatic carbocycles. The molecular weight excluding hydrogens is 340 g/mol. The van der Waals surface area contributed by atoms with Crippen LogP contribution in [0.1, 0.15) is 59.3 Å². The molecule has 146 valence electrons. The first-order valence-corrected chi connectivity index (χ1v) is 10.0. The second kappa shape index (κ2) is 8.19. The number of aryl methyl sites for hydroxylation is 1. The second-order valence-electron chi connectivity index (χ2n) is 8.34. The van der Waals surface area contributed by atoms with Crippen molar-refractivity contribution in [3.05, 3.63) is 34.6 Å². The number of carbonyl (C=O) groups excluding carboxylic acids is 1. The van der Waals surface area contributed by atoms with Gasteiger partial charge in [-0.3, -0.25) is 9.59 Å². The van der Waals surface area contributed by atoms with E-state index in [9.17, 15) is 9.59 Å². The summed E-state index contributed by atoms with van der Waals surface area (Å²) in [4.78, 5) is 24.7. The SMILES string of the molecule is CCC(C)(C)C1CCC(NC(=O)CCn2nnc3ccccc3c2=O)CC1. The lowest BCUT2D eigenvalue weighted by atomic mass is 9.69. The lowest BCUT2D eigenvalue weighted by Crippen LogP contribution is -2.40. The first-order valence-electron chi connectivity index (χ1n) is 10.0. The molecule has 1 aliphatic rings. The van der Waals surface area contributed by atoms with E-state index >= 15 is 0 Å². The highest BCUT2D eigenvalue weighted by Crippen LogP contribution is 2.40. The van der Waals surface area contributed by atoms with Gasteiger partial charge < -0.3 is 5.32 Å². The van der Waals surface area contributed by atoms with Crippen molar-refractivity contribution in [3.8, 4) is 0 Å². The van der Waals surface area contributed by atoms with Crippen LogP contribution in [0, 0.1) is 11.3 Å². The van der Waals surface area contributed by atoms with Crippen LogP contribution in [0.4, 0.5) is 0 Å². The zero-order valence-electron chi connectivity index (χ0n) is 16.6. The van der Waals surface area contributed by atoms with E-state index in [-0.39, 0.29) is 30.5 Å². The summed E-state index contributed by atoms with van der Waals surface area (Å²) in [5.41, 5.74) is 0.760. The molecule has 0 radical (unpaired) electrons. The Kier molecular flexibility index (Phi) is 5.92. The summed E-state index contributed by atoms with van der Waals surface area (Å²) in [5, 5.41) is 11.7. The molecule has 27 heavy (non-hydrogen) atoms. The number of aromatic nitrogens is 3. The van der Waals surface area contributed by atoms with Gasteiger partial charge in [0.1, 0.15) is 5.52 Å². The maximum atomic E-state index is 12.4. The van der Waals surface area contributed by atoms with Gasteiger partial charge in [0.05, 0.1) is 11.9 Å². The van der Waals surface area contributed by atoms with Gasteiger partial charge in [0.15, 0.2) is 0 Å². The van der Waals surface area contributed by atoms with Gasteiger partial charge >= 0.3 is 0 Å². The van der Waals surface area contributed by atoms with Crippen molar-refractivity contribution < 1.29 is 4.79 Å². The molecule has 0 aliphatic heterocycles. The van der Waals surface area contributed by atoms with Crippen molar-refractivity contribution in [2.45, 2.75) is 71.9 Å². The topological polar surface area (TPSA) is 76.9 Å². The highest BCUT2D eigenvalue weighted by molar-refractivity contribution is 5.77. The Hall–Kier alpha value is -2.24. The normalized spacial score (nSPS) is 20.6. The van der Waals surface area contributed by atoms with E-state index in [1.165, 1.54) is 23.9 Å². The molecule has 1 aromatic heterocycles. The van der Waals surface area contributed by atoms with Crippen LogP contribution in [0.25, 0.3) is 10.9 Å². The monoisotopic (exact) mass is 370 g/mol. The minimum absolute atomic E-state index is 0.0185. The standard InChI is InChI=1S/C21H30N4O2/c1-4-21(2,3)15-9-11-16(12-10-15)22-19(26)13-14-25-20(27)17-7-5-6-8-18(17)23-24-25/h5-8,15-16H,4,9-14H2,1-3H3,(H,22,26). The molecule has 0 unspecified atom stereocenters. The summed E-state index contributed by atoms with van der Waals surface area (Å²) < 4.78 is 1.28. The van der Waals surface area contributed by atoms with Crippen molar-refractivity contribution in [1.82, 2.24) is 20.3 Å². The molecule has 1 fully saturated rings. The van der Waals surface area contributed by atoms with Gasteiger partial charge in [-0.1, -0.05) is 44.5 Å². The third kappa shape index (κ3) is 4.54. The van der Waals surface area contributed by atoms with Gasteiger partial charge in [-0.15, -0.1) is 5.10 Å². The molecule has 1 heterocycles. The Labute approximate surface area is 160 Å². The minimum Gasteiger partial charge on any atom is -0.353 e. The van der Waals surface area contributed by atoms with Crippen molar-refractivity contribution in [1.29, 1.82) is 0 Å². The molecule has 1 aliphatic carbocycles. The van der Waals surface area contributed by atoms with Crippen LogP contribution in [-0.2, 0) is 11.3 Å². The van der Waals surface area contributed by atoms with E-state index in [4.69, 9.17) is 0 Å². The molecular formula is C21H30N4O2. The van der Waals surface area contributed by atoms with Crippen molar-refractivity contribution in [2.24, 2.45) is 11.3 Å². The van der Waals surface area contributed by atoms with E-state index in [0.717, 1.165) is 18.8 Å². The lowest BCUT2D eigenvalue weighted by Gasteiger charge is -2.39. The highest BCUT2D eigenvalue weighted by atomic mass is 16.2. The molecule has 1 saturated carbocycles. The Morgan fingerprint density at radius 3 is 2.63 bits per heavy atom. The van der Waals surface area contributed by atoms with Crippen LogP contribution in [0.2, 0.25) is 0 Å². The number of hydrogen-bond acceptors (Lipinski definition) is 4. The fourth-order valence-electron chi connectivity index (χ4n) is 3.98. The quantitative estimate of drug-likeness (QED) is 0.846. The molecule has 1 N–H and O–H groups in total. The summed E-state index contributed by atoms with van der Waals surface area (Å²) >= 11 is 0. The van der Waals surface area contributed by atoms with Crippen LogP contribution < -0.4 is 10.9 Å². The van der Waals surface area contributed by atoms with Crippen molar-refractivity contribution in [2.75, 3.05) is 0 Å². The number of hydrogen-bond donors (Lipinski definition) is 1. The number of fused-ring (bicyclic) bond motifs is 1. The molecule has 3 rings (SSSR count). The van der Waals surface area contributed by atoms with Crippen LogP contribution in [0.5, 0.6) is 0 Å². The van der Waals surface area contributed by atoms with Gasteiger partial charge in [0, 0.05) is 12.5 Å². The number of carbonyl (C=O) groups is 1. The lowest BCUT2D eigenvalue weighted by molar-refractivity contribution is -0.122. The smallest absolute Gasteiger partial charge is 0.277 e. The van der Waals surface area contributed by atoms with Gasteiger partial charge in [0.25, 0.3) is 5.56 Å². The summed E-state index contributed by atoms with van der Waals surface area (Å²) in [5.74, 6) is 0.720. The van der Waals surface area contributed by atoms with Crippen molar-refractivity contribution >= 4 is 16.8 Å². The fourth-order valence-corrected chi connectivity index (χ4v) is 3.98. The molecule has 0 atom stereocenters. The minimum atomic E-state index is -0.198. The summed E-state index contributed by atoms with van der Waals surface area (Å²) in [6.07, 6.45) is 5.84. The first-order chi connectivity index (χ1) is 12.9. The van der Waals surface area contributed by atoms with Crippen LogP contribution in [0.15, 0.2) is 29.1 Å². The molecule has 1 amide bonds. The van der Waals surface area contributed by atoms with E-state index in [0.29, 0.717) is 16.3 Å². The third-order valence-corrected chi connectivity index (χ3v) is 6.29. The molecule has 0 spiro atoms. The van der Waals surface area contributed by atoms with Gasteiger partial charge in [-0.05, 0) is 49.1 Å². The number of rotatable bonds is 6. The number of benzene rings is 1. The van der Waals surface area contributed by atoms with E-state index in [2.05, 4.69) is 36.4 Å². The molecule has 6 nitrogen and oxygen atoms in total. The van der Waals surface area contributed by atoms with E-state index in [1.54, 1.807) is 18.2 Å². The zero-order valence-corrected chi connectivity index (χ0v) is 16.6. The zero-order chi connectivity index (χ0) is 19.4. The largest absolute Gasteiger partial charge is 0.353 e. The Morgan fingerprint density at radius 2 is 1.93 bits per heavy atom. The fraction of sp³-hybridized carbons (Fsp3) is 0.619. The average molecular weight is 370 g/mol. The van der Waals surface area contributed by atoms with Crippen LogP contribution in [-0.4, -0.2) is 26.9 Å². The predicted molar refractivity (Wildman–Crippen MR) is 106 cm³/mol. The van der Waals surface area contributed by atoms with Gasteiger partial charge in [0.2, 0.25) is 5.91 Å². The maximum Gasteiger partial charge on any atom is 0.277 e. The summed E-state index contributed by atoms with van der Waals surface area (Å²) in [7, 11) is 0. The average Bonchev–Trinajstić information content (AvgIpc) is 2.68.